The quantitative estimate of drug-likeness (QED) is 0.841. The molecule has 1 saturated carbocycles. The zero-order valence-electron chi connectivity index (χ0n) is 10.7. The summed E-state index contributed by atoms with van der Waals surface area (Å²) >= 11 is 6.01. The Morgan fingerprint density at radius 3 is 2.65 bits per heavy atom. The first kappa shape index (κ1) is 13.2. The van der Waals surface area contributed by atoms with E-state index in [9.17, 15) is 9.59 Å². The van der Waals surface area contributed by atoms with Crippen molar-refractivity contribution in [3.05, 3.63) is 40.9 Å². The number of allylic oxidation sites excluding steroid dienone is 2. The molecule has 0 aromatic heterocycles. The maximum absolute atomic E-state index is 12.3. The van der Waals surface area contributed by atoms with Gasteiger partial charge in [-0.15, -0.1) is 0 Å². The van der Waals surface area contributed by atoms with Crippen molar-refractivity contribution in [1.82, 2.24) is 0 Å². The van der Waals surface area contributed by atoms with Crippen molar-refractivity contribution in [2.45, 2.75) is 12.8 Å². The Kier molecular flexibility index (Phi) is 3.26. The van der Waals surface area contributed by atoms with E-state index in [0.29, 0.717) is 22.5 Å². The van der Waals surface area contributed by atoms with Crippen molar-refractivity contribution in [3.63, 3.8) is 0 Å². The van der Waals surface area contributed by atoms with E-state index in [1.165, 1.54) is 18.2 Å². The molecule has 0 radical (unpaired) electrons. The van der Waals surface area contributed by atoms with Crippen molar-refractivity contribution in [3.8, 4) is 0 Å². The highest BCUT2D eigenvalue weighted by molar-refractivity contribution is 6.33. The molecule has 0 saturated heterocycles. The fourth-order valence-electron chi connectivity index (χ4n) is 3.06. The van der Waals surface area contributed by atoms with E-state index in [1.54, 1.807) is 0 Å². The number of nitrogens with one attached hydrogen (secondary N) is 1. The molecule has 0 heterocycles. The molecule has 104 valence electrons. The number of carbonyl (C=O) groups excluding carboxylic acids is 1. The highest BCUT2D eigenvalue weighted by Gasteiger charge is 2.39. The standard InChI is InChI=1S/C15H14ClNO3/c16-12-4-3-10(15(19)20)7-13(12)17-14(18)11-6-8-1-2-9(11)5-8/h1-4,7-9,11H,5-6H2,(H,17,18)(H,19,20). The van der Waals surface area contributed by atoms with Crippen LogP contribution in [-0.2, 0) is 4.79 Å². The van der Waals surface area contributed by atoms with E-state index in [0.717, 1.165) is 12.8 Å². The fraction of sp³-hybridized carbons (Fsp3) is 0.333. The van der Waals surface area contributed by atoms with Gasteiger partial charge in [-0.05, 0) is 42.9 Å². The van der Waals surface area contributed by atoms with Gasteiger partial charge in [0, 0.05) is 5.92 Å². The van der Waals surface area contributed by atoms with Gasteiger partial charge in [0.25, 0.3) is 0 Å². The number of fused-ring (bicyclic) bond motifs is 2. The number of carboxylic acid groups (broad SMARTS) is 1. The summed E-state index contributed by atoms with van der Waals surface area (Å²) in [6.45, 7) is 0. The van der Waals surface area contributed by atoms with E-state index in [4.69, 9.17) is 16.7 Å². The zero-order chi connectivity index (χ0) is 14.3. The van der Waals surface area contributed by atoms with Gasteiger partial charge in [0.2, 0.25) is 5.91 Å². The summed E-state index contributed by atoms with van der Waals surface area (Å²) in [5.41, 5.74) is 0.473. The minimum Gasteiger partial charge on any atom is -0.478 e. The lowest BCUT2D eigenvalue weighted by atomic mass is 9.93. The molecule has 0 aliphatic heterocycles. The van der Waals surface area contributed by atoms with Crippen LogP contribution in [0.3, 0.4) is 0 Å². The van der Waals surface area contributed by atoms with Crippen LogP contribution in [0.25, 0.3) is 0 Å². The van der Waals surface area contributed by atoms with E-state index in [2.05, 4.69) is 17.5 Å². The summed E-state index contributed by atoms with van der Waals surface area (Å²) in [6, 6.07) is 4.30. The molecule has 0 spiro atoms. The molecule has 5 heteroatoms. The minimum absolute atomic E-state index is 0.0328. The maximum atomic E-state index is 12.3. The minimum atomic E-state index is -1.04. The van der Waals surface area contributed by atoms with Crippen molar-refractivity contribution >= 4 is 29.2 Å². The van der Waals surface area contributed by atoms with Gasteiger partial charge < -0.3 is 10.4 Å². The summed E-state index contributed by atoms with van der Waals surface area (Å²) in [4.78, 5) is 23.2. The Labute approximate surface area is 121 Å². The molecule has 3 rings (SSSR count). The highest BCUT2D eigenvalue weighted by atomic mass is 35.5. The second kappa shape index (κ2) is 4.94. The molecule has 1 amide bonds. The van der Waals surface area contributed by atoms with Gasteiger partial charge in [-0.3, -0.25) is 4.79 Å². The van der Waals surface area contributed by atoms with Crippen LogP contribution in [0.15, 0.2) is 30.4 Å². The van der Waals surface area contributed by atoms with E-state index >= 15 is 0 Å². The SMILES string of the molecule is O=C(O)c1ccc(Cl)c(NC(=O)C2CC3C=CC2C3)c1. The Hall–Kier alpha value is -1.81. The van der Waals surface area contributed by atoms with Crippen molar-refractivity contribution in [2.75, 3.05) is 5.32 Å². The first-order chi connectivity index (χ1) is 9.54. The molecular formula is C15H14ClNO3. The molecular weight excluding hydrogens is 278 g/mol. The van der Waals surface area contributed by atoms with Crippen LogP contribution in [0.2, 0.25) is 5.02 Å². The summed E-state index contributed by atoms with van der Waals surface area (Å²) < 4.78 is 0. The molecule has 2 aliphatic carbocycles. The molecule has 2 aliphatic rings. The van der Waals surface area contributed by atoms with E-state index in [-0.39, 0.29) is 17.4 Å². The van der Waals surface area contributed by atoms with Gasteiger partial charge >= 0.3 is 5.97 Å². The highest BCUT2D eigenvalue weighted by Crippen LogP contribution is 2.44. The van der Waals surface area contributed by atoms with Gasteiger partial charge in [-0.2, -0.15) is 0 Å². The Morgan fingerprint density at radius 1 is 1.25 bits per heavy atom. The molecule has 20 heavy (non-hydrogen) atoms. The van der Waals surface area contributed by atoms with Crippen molar-refractivity contribution in [1.29, 1.82) is 0 Å². The normalized spacial score (nSPS) is 26.8. The van der Waals surface area contributed by atoms with Crippen LogP contribution in [-0.4, -0.2) is 17.0 Å². The number of hydrogen-bond donors (Lipinski definition) is 2. The lowest BCUT2D eigenvalue weighted by molar-refractivity contribution is -0.120. The average molecular weight is 292 g/mol. The third-order valence-corrected chi connectivity index (χ3v) is 4.42. The van der Waals surface area contributed by atoms with Crippen LogP contribution >= 0.6 is 11.6 Å². The lowest BCUT2D eigenvalue weighted by Crippen LogP contribution is -2.26. The Bertz CT molecular complexity index is 611. The van der Waals surface area contributed by atoms with Crippen molar-refractivity contribution < 1.29 is 14.7 Å². The molecule has 1 aromatic rings. The molecule has 2 bridgehead atoms. The number of rotatable bonds is 3. The molecule has 3 atom stereocenters. The maximum Gasteiger partial charge on any atom is 0.335 e. The second-order valence-electron chi connectivity index (χ2n) is 5.38. The van der Waals surface area contributed by atoms with Gasteiger partial charge in [0.15, 0.2) is 0 Å². The molecule has 4 nitrogen and oxygen atoms in total. The Morgan fingerprint density at radius 2 is 2.05 bits per heavy atom. The zero-order valence-corrected chi connectivity index (χ0v) is 11.4. The molecule has 1 fully saturated rings. The Balaban J connectivity index is 1.77. The van der Waals surface area contributed by atoms with Crippen LogP contribution in [0.5, 0.6) is 0 Å². The molecule has 2 N–H and O–H groups in total. The van der Waals surface area contributed by atoms with Crippen LogP contribution < -0.4 is 5.32 Å². The smallest absolute Gasteiger partial charge is 0.335 e. The summed E-state index contributed by atoms with van der Waals surface area (Å²) in [7, 11) is 0. The first-order valence-corrected chi connectivity index (χ1v) is 6.94. The number of aromatic carboxylic acids is 1. The van der Waals surface area contributed by atoms with Crippen LogP contribution in [0, 0.1) is 17.8 Å². The predicted octanol–water partition coefficient (Wildman–Crippen LogP) is 3.19. The van der Waals surface area contributed by atoms with Crippen LogP contribution in [0.1, 0.15) is 23.2 Å². The van der Waals surface area contributed by atoms with Gasteiger partial charge in [0.05, 0.1) is 16.3 Å². The fourth-order valence-corrected chi connectivity index (χ4v) is 3.23. The van der Waals surface area contributed by atoms with Gasteiger partial charge in [-0.1, -0.05) is 23.8 Å². The topological polar surface area (TPSA) is 66.4 Å². The number of carbonyl (C=O) groups is 2. The predicted molar refractivity (Wildman–Crippen MR) is 75.9 cm³/mol. The van der Waals surface area contributed by atoms with Gasteiger partial charge in [0.1, 0.15) is 0 Å². The lowest BCUT2D eigenvalue weighted by Gasteiger charge is -2.18. The number of hydrogen-bond acceptors (Lipinski definition) is 2. The first-order valence-electron chi connectivity index (χ1n) is 6.56. The third-order valence-electron chi connectivity index (χ3n) is 4.09. The van der Waals surface area contributed by atoms with Crippen molar-refractivity contribution in [2.24, 2.45) is 17.8 Å². The number of halogens is 1. The third kappa shape index (κ3) is 2.31. The number of carboxylic acids is 1. The number of benzene rings is 1. The molecule has 3 unspecified atom stereocenters. The summed E-state index contributed by atoms with van der Waals surface area (Å²) in [5, 5.41) is 12.1. The van der Waals surface area contributed by atoms with E-state index in [1.807, 2.05) is 0 Å². The van der Waals surface area contributed by atoms with E-state index < -0.39 is 5.97 Å². The number of anilines is 1. The number of amides is 1. The molecule has 1 aromatic carbocycles. The van der Waals surface area contributed by atoms with Crippen LogP contribution in [0.4, 0.5) is 5.69 Å². The van der Waals surface area contributed by atoms with Gasteiger partial charge in [-0.25, -0.2) is 4.79 Å². The summed E-state index contributed by atoms with van der Waals surface area (Å²) in [5.74, 6) is -0.334. The largest absolute Gasteiger partial charge is 0.478 e. The summed E-state index contributed by atoms with van der Waals surface area (Å²) in [6.07, 6.45) is 6.18. The average Bonchev–Trinajstić information content (AvgIpc) is 3.03. The monoisotopic (exact) mass is 291 g/mol. The second-order valence-corrected chi connectivity index (χ2v) is 5.78.